The zero-order valence-corrected chi connectivity index (χ0v) is 10.2. The second-order valence-corrected chi connectivity index (χ2v) is 4.12. The minimum Gasteiger partial charge on any atom is -0.385 e. The molecule has 0 aliphatic carbocycles. The lowest BCUT2D eigenvalue weighted by atomic mass is 10.1. The first-order chi connectivity index (χ1) is 9.15. The second kappa shape index (κ2) is 6.09. The van der Waals surface area contributed by atoms with Crippen LogP contribution in [0, 0.1) is 11.6 Å². The van der Waals surface area contributed by atoms with E-state index in [9.17, 15) is 13.6 Å². The van der Waals surface area contributed by atoms with Crippen molar-refractivity contribution in [3.05, 3.63) is 65.7 Å². The third-order valence-electron chi connectivity index (χ3n) is 2.67. The summed E-state index contributed by atoms with van der Waals surface area (Å²) >= 11 is 0. The van der Waals surface area contributed by atoms with Gasteiger partial charge in [0.2, 0.25) is 0 Å². The number of rotatable bonds is 5. The van der Waals surface area contributed by atoms with Crippen LogP contribution in [0.15, 0.2) is 48.5 Å². The molecule has 0 aliphatic heterocycles. The smallest absolute Gasteiger partial charge is 0.164 e. The van der Waals surface area contributed by atoms with Gasteiger partial charge >= 0.3 is 0 Å². The molecule has 0 spiro atoms. The van der Waals surface area contributed by atoms with Gasteiger partial charge in [-0.3, -0.25) is 4.79 Å². The van der Waals surface area contributed by atoms with Crippen molar-refractivity contribution >= 4 is 11.5 Å². The first-order valence-electron chi connectivity index (χ1n) is 5.93. The molecule has 0 fully saturated rings. The topological polar surface area (TPSA) is 29.1 Å². The molecule has 2 nitrogen and oxygen atoms in total. The maximum atomic E-state index is 12.9. The average Bonchev–Trinajstić information content (AvgIpc) is 2.39. The maximum Gasteiger partial charge on any atom is 0.164 e. The lowest BCUT2D eigenvalue weighted by Gasteiger charge is -2.06. The Hall–Kier alpha value is -2.23. The molecule has 0 bridgehead atoms. The second-order valence-electron chi connectivity index (χ2n) is 4.12. The summed E-state index contributed by atoms with van der Waals surface area (Å²) < 4.78 is 25.6. The predicted molar refractivity (Wildman–Crippen MR) is 70.2 cm³/mol. The Labute approximate surface area is 110 Å². The van der Waals surface area contributed by atoms with Crippen molar-refractivity contribution < 1.29 is 13.6 Å². The molecule has 0 radical (unpaired) electrons. The lowest BCUT2D eigenvalue weighted by molar-refractivity contribution is 0.0986. The van der Waals surface area contributed by atoms with Gasteiger partial charge in [-0.2, -0.15) is 0 Å². The monoisotopic (exact) mass is 261 g/mol. The summed E-state index contributed by atoms with van der Waals surface area (Å²) in [5.74, 6) is -0.770. The number of ketones is 1. The number of carbonyl (C=O) groups excluding carboxylic acids is 1. The van der Waals surface area contributed by atoms with E-state index in [1.807, 2.05) is 0 Å². The molecular weight excluding hydrogens is 248 g/mol. The van der Waals surface area contributed by atoms with Gasteiger partial charge in [-0.05, 0) is 42.5 Å². The SMILES string of the molecule is O=C(CCNc1cccc(F)c1)c1ccc(F)cc1. The van der Waals surface area contributed by atoms with Gasteiger partial charge in [-0.1, -0.05) is 6.07 Å². The molecule has 1 N–H and O–H groups in total. The summed E-state index contributed by atoms with van der Waals surface area (Å²) in [6, 6.07) is 11.5. The zero-order chi connectivity index (χ0) is 13.7. The van der Waals surface area contributed by atoms with Crippen molar-refractivity contribution in [1.82, 2.24) is 0 Å². The molecule has 98 valence electrons. The third kappa shape index (κ3) is 3.88. The number of halogens is 2. The summed E-state index contributed by atoms with van der Waals surface area (Å²) in [7, 11) is 0. The van der Waals surface area contributed by atoms with Gasteiger partial charge in [0.15, 0.2) is 5.78 Å². The molecule has 2 aromatic carbocycles. The van der Waals surface area contributed by atoms with Crippen molar-refractivity contribution in [3.63, 3.8) is 0 Å². The minimum absolute atomic E-state index is 0.0797. The first kappa shape index (κ1) is 13.2. The molecule has 0 atom stereocenters. The fraction of sp³-hybridized carbons (Fsp3) is 0.133. The van der Waals surface area contributed by atoms with Gasteiger partial charge in [0.1, 0.15) is 11.6 Å². The van der Waals surface area contributed by atoms with E-state index >= 15 is 0 Å². The minimum atomic E-state index is -0.366. The average molecular weight is 261 g/mol. The van der Waals surface area contributed by atoms with Crippen LogP contribution in [0.25, 0.3) is 0 Å². The van der Waals surface area contributed by atoms with Crippen LogP contribution in [0.4, 0.5) is 14.5 Å². The summed E-state index contributed by atoms with van der Waals surface area (Å²) in [4.78, 5) is 11.8. The summed E-state index contributed by atoms with van der Waals surface area (Å²) in [5.41, 5.74) is 1.11. The van der Waals surface area contributed by atoms with E-state index < -0.39 is 0 Å². The van der Waals surface area contributed by atoms with Gasteiger partial charge < -0.3 is 5.32 Å². The van der Waals surface area contributed by atoms with Crippen molar-refractivity contribution in [2.45, 2.75) is 6.42 Å². The van der Waals surface area contributed by atoms with E-state index in [0.717, 1.165) is 0 Å². The number of anilines is 1. The van der Waals surface area contributed by atoms with Crippen LogP contribution in [0.1, 0.15) is 16.8 Å². The van der Waals surface area contributed by atoms with Gasteiger partial charge in [0.25, 0.3) is 0 Å². The van der Waals surface area contributed by atoms with E-state index in [1.165, 1.54) is 36.4 Å². The van der Waals surface area contributed by atoms with Gasteiger partial charge in [0, 0.05) is 24.2 Å². The normalized spacial score (nSPS) is 10.2. The van der Waals surface area contributed by atoms with Crippen LogP contribution < -0.4 is 5.32 Å². The van der Waals surface area contributed by atoms with Crippen LogP contribution in [0.5, 0.6) is 0 Å². The molecule has 0 saturated carbocycles. The van der Waals surface area contributed by atoms with E-state index in [4.69, 9.17) is 0 Å². The largest absolute Gasteiger partial charge is 0.385 e. The molecule has 0 aromatic heterocycles. The first-order valence-corrected chi connectivity index (χ1v) is 5.93. The Morgan fingerprint density at radius 2 is 1.74 bits per heavy atom. The Bertz CT molecular complexity index is 567. The van der Waals surface area contributed by atoms with Crippen LogP contribution in [0.3, 0.4) is 0 Å². The van der Waals surface area contributed by atoms with Crippen LogP contribution in [-0.4, -0.2) is 12.3 Å². The summed E-state index contributed by atoms with van der Waals surface area (Å²) in [5, 5.41) is 2.96. The predicted octanol–water partition coefficient (Wildman–Crippen LogP) is 3.65. The lowest BCUT2D eigenvalue weighted by Crippen LogP contribution is -2.09. The third-order valence-corrected chi connectivity index (χ3v) is 2.67. The van der Waals surface area contributed by atoms with Crippen LogP contribution in [0.2, 0.25) is 0 Å². The molecule has 2 rings (SSSR count). The molecule has 2 aromatic rings. The van der Waals surface area contributed by atoms with E-state index in [1.54, 1.807) is 12.1 Å². The van der Waals surface area contributed by atoms with Gasteiger partial charge in [0.05, 0.1) is 0 Å². The maximum absolute atomic E-state index is 12.9. The van der Waals surface area contributed by atoms with E-state index in [0.29, 0.717) is 17.8 Å². The Balaban J connectivity index is 1.86. The Morgan fingerprint density at radius 3 is 2.42 bits per heavy atom. The number of nitrogens with one attached hydrogen (secondary N) is 1. The number of benzene rings is 2. The highest BCUT2D eigenvalue weighted by molar-refractivity contribution is 5.96. The van der Waals surface area contributed by atoms with Crippen LogP contribution >= 0.6 is 0 Å². The number of hydrogen-bond acceptors (Lipinski definition) is 2. The molecule has 0 heterocycles. The molecular formula is C15H13F2NO. The molecule has 0 unspecified atom stereocenters. The Morgan fingerprint density at radius 1 is 1.00 bits per heavy atom. The molecule has 0 saturated heterocycles. The highest BCUT2D eigenvalue weighted by Crippen LogP contribution is 2.10. The van der Waals surface area contributed by atoms with Crippen molar-refractivity contribution in [3.8, 4) is 0 Å². The fourth-order valence-corrected chi connectivity index (χ4v) is 1.70. The highest BCUT2D eigenvalue weighted by Gasteiger charge is 2.05. The van der Waals surface area contributed by atoms with Crippen molar-refractivity contribution in [1.29, 1.82) is 0 Å². The summed E-state index contributed by atoms with van der Waals surface area (Å²) in [6.45, 7) is 0.402. The standard InChI is InChI=1S/C15H13F2NO/c16-12-6-4-11(5-7-12)15(19)8-9-18-14-3-1-2-13(17)10-14/h1-7,10,18H,8-9H2. The number of hydrogen-bond donors (Lipinski definition) is 1. The quantitative estimate of drug-likeness (QED) is 0.832. The van der Waals surface area contributed by atoms with Crippen molar-refractivity contribution in [2.24, 2.45) is 0 Å². The van der Waals surface area contributed by atoms with E-state index in [2.05, 4.69) is 5.32 Å². The Kier molecular flexibility index (Phi) is 4.23. The van der Waals surface area contributed by atoms with Gasteiger partial charge in [-0.15, -0.1) is 0 Å². The van der Waals surface area contributed by atoms with Gasteiger partial charge in [-0.25, -0.2) is 8.78 Å². The summed E-state index contributed by atoms with van der Waals surface area (Å²) in [6.07, 6.45) is 0.266. The fourth-order valence-electron chi connectivity index (χ4n) is 1.70. The number of carbonyl (C=O) groups is 1. The molecule has 19 heavy (non-hydrogen) atoms. The number of Topliss-reactive ketones (excluding diaryl/α,β-unsaturated/α-hetero) is 1. The highest BCUT2D eigenvalue weighted by atomic mass is 19.1. The molecule has 0 amide bonds. The zero-order valence-electron chi connectivity index (χ0n) is 10.2. The van der Waals surface area contributed by atoms with Crippen molar-refractivity contribution in [2.75, 3.05) is 11.9 Å². The van der Waals surface area contributed by atoms with Crippen LogP contribution in [-0.2, 0) is 0 Å². The molecule has 0 aliphatic rings. The molecule has 4 heteroatoms. The van der Waals surface area contributed by atoms with E-state index in [-0.39, 0.29) is 23.8 Å².